The maximum absolute atomic E-state index is 8.43. The highest BCUT2D eigenvalue weighted by atomic mass is 16.5. The highest BCUT2D eigenvalue weighted by Crippen LogP contribution is 2.47. The number of hydrogen-bond donors (Lipinski definition) is 0. The van der Waals surface area contributed by atoms with Gasteiger partial charge in [0.2, 0.25) is 0 Å². The number of rotatable bonds is 2. The zero-order chi connectivity index (χ0) is 9.26. The van der Waals surface area contributed by atoms with E-state index in [1.165, 1.54) is 0 Å². The van der Waals surface area contributed by atoms with E-state index in [4.69, 9.17) is 20.0 Å². The van der Waals surface area contributed by atoms with Gasteiger partial charge in [-0.1, -0.05) is 0 Å². The van der Waals surface area contributed by atoms with Gasteiger partial charge < -0.3 is 9.47 Å². The van der Waals surface area contributed by atoms with Crippen LogP contribution in [-0.2, 0) is 9.47 Å². The van der Waals surface area contributed by atoms with E-state index >= 15 is 0 Å². The molecule has 68 valence electrons. The van der Waals surface area contributed by atoms with Gasteiger partial charge in [-0.3, -0.25) is 0 Å². The van der Waals surface area contributed by atoms with Crippen molar-refractivity contribution in [1.29, 1.82) is 10.5 Å². The van der Waals surface area contributed by atoms with E-state index < -0.39 is 0 Å². The number of nitriles is 2. The van der Waals surface area contributed by atoms with E-state index in [2.05, 4.69) is 0 Å². The summed E-state index contributed by atoms with van der Waals surface area (Å²) in [6.45, 7) is 0. The fraction of sp³-hybridized carbons (Fsp3) is 0.778. The van der Waals surface area contributed by atoms with Crippen molar-refractivity contribution in [3.05, 3.63) is 0 Å². The molecule has 0 radical (unpaired) electrons. The molecular formula is C9H10N2O2. The zero-order valence-corrected chi connectivity index (χ0v) is 7.14. The molecule has 0 aromatic carbocycles. The molecule has 0 heterocycles. The zero-order valence-electron chi connectivity index (χ0n) is 7.14. The van der Waals surface area contributed by atoms with Gasteiger partial charge in [-0.25, -0.2) is 0 Å². The molecule has 0 spiro atoms. The van der Waals surface area contributed by atoms with Gasteiger partial charge in [0.15, 0.2) is 12.2 Å². The van der Waals surface area contributed by atoms with Crippen LogP contribution in [0.2, 0.25) is 0 Å². The Morgan fingerprint density at radius 1 is 0.923 bits per heavy atom. The Balaban J connectivity index is 2.07. The summed E-state index contributed by atoms with van der Waals surface area (Å²) < 4.78 is 9.86. The quantitative estimate of drug-likeness (QED) is 0.595. The Bertz CT molecular complexity index is 250. The Morgan fingerprint density at radius 3 is 1.77 bits per heavy atom. The molecular weight excluding hydrogens is 168 g/mol. The van der Waals surface area contributed by atoms with Crippen LogP contribution in [0, 0.1) is 34.9 Å². The molecule has 2 bridgehead atoms. The van der Waals surface area contributed by atoms with Gasteiger partial charge in [-0.05, 0) is 19.3 Å². The Labute approximate surface area is 76.7 Å². The molecule has 0 amide bonds. The monoisotopic (exact) mass is 178 g/mol. The first-order chi connectivity index (χ1) is 6.36. The lowest BCUT2D eigenvalue weighted by atomic mass is 9.95. The van der Waals surface area contributed by atoms with Gasteiger partial charge in [0.05, 0.1) is 0 Å². The number of fused-ring (bicyclic) bond motifs is 2. The summed E-state index contributed by atoms with van der Waals surface area (Å²) in [4.78, 5) is 0. The molecule has 4 nitrogen and oxygen atoms in total. The molecule has 4 heteroatoms. The fourth-order valence-corrected chi connectivity index (χ4v) is 2.63. The lowest BCUT2D eigenvalue weighted by molar-refractivity contribution is -0.0197. The molecule has 4 atom stereocenters. The molecule has 13 heavy (non-hydrogen) atoms. The van der Waals surface area contributed by atoms with Crippen LogP contribution >= 0.6 is 0 Å². The van der Waals surface area contributed by atoms with E-state index in [1.807, 2.05) is 0 Å². The highest BCUT2D eigenvalue weighted by Gasteiger charge is 2.51. The normalized spacial score (nSPS) is 40.8. The summed E-state index contributed by atoms with van der Waals surface area (Å²) in [5.41, 5.74) is 0. The van der Waals surface area contributed by atoms with E-state index in [0.717, 1.165) is 19.3 Å². The largest absolute Gasteiger partial charge is 0.420 e. The van der Waals surface area contributed by atoms with E-state index in [9.17, 15) is 0 Å². The predicted molar refractivity (Wildman–Crippen MR) is 41.8 cm³/mol. The van der Waals surface area contributed by atoms with Crippen molar-refractivity contribution >= 4 is 0 Å². The smallest absolute Gasteiger partial charge is 0.286 e. The number of hydrogen-bond acceptors (Lipinski definition) is 4. The highest BCUT2D eigenvalue weighted by molar-refractivity contribution is 5.00. The molecule has 2 saturated carbocycles. The minimum absolute atomic E-state index is 0.177. The minimum Gasteiger partial charge on any atom is -0.420 e. The number of nitrogens with zero attached hydrogens (tertiary/aromatic N) is 2. The topological polar surface area (TPSA) is 66.0 Å². The molecule has 0 saturated heterocycles. The molecule has 0 aromatic heterocycles. The third-order valence-corrected chi connectivity index (χ3v) is 3.14. The van der Waals surface area contributed by atoms with E-state index in [1.54, 1.807) is 12.5 Å². The van der Waals surface area contributed by atoms with Crippen LogP contribution in [0.4, 0.5) is 0 Å². The Morgan fingerprint density at radius 2 is 1.38 bits per heavy atom. The van der Waals surface area contributed by atoms with Crippen molar-refractivity contribution in [2.24, 2.45) is 11.8 Å². The summed E-state index contributed by atoms with van der Waals surface area (Å²) >= 11 is 0. The summed E-state index contributed by atoms with van der Waals surface area (Å²) in [6.07, 6.45) is 6.27. The molecule has 2 aliphatic rings. The van der Waals surface area contributed by atoms with Crippen LogP contribution in [0.5, 0.6) is 0 Å². The lowest BCUT2D eigenvalue weighted by Gasteiger charge is -2.25. The first-order valence-corrected chi connectivity index (χ1v) is 4.46. The van der Waals surface area contributed by atoms with Crippen molar-refractivity contribution in [3.63, 3.8) is 0 Å². The van der Waals surface area contributed by atoms with Gasteiger partial charge in [-0.2, -0.15) is 10.5 Å². The van der Waals surface area contributed by atoms with Crippen LogP contribution in [0.3, 0.4) is 0 Å². The Hall–Kier alpha value is -1.42. The average molecular weight is 178 g/mol. The standard InChI is InChI=1S/C9H10N2O2/c10-4-12-8-6-1-2-7(3-6)9(8)13-5-11/h6-9H,1-3H2. The maximum Gasteiger partial charge on any atom is 0.286 e. The molecule has 0 N–H and O–H groups in total. The molecule has 4 unspecified atom stereocenters. The van der Waals surface area contributed by atoms with Crippen molar-refractivity contribution in [1.82, 2.24) is 0 Å². The lowest BCUT2D eigenvalue weighted by Crippen LogP contribution is -2.35. The molecule has 0 aliphatic heterocycles. The van der Waals surface area contributed by atoms with Gasteiger partial charge in [0.1, 0.15) is 0 Å². The summed E-state index contributed by atoms with van der Waals surface area (Å²) in [6, 6.07) is 0. The summed E-state index contributed by atoms with van der Waals surface area (Å²) in [5, 5.41) is 16.9. The van der Waals surface area contributed by atoms with Crippen LogP contribution in [-0.4, -0.2) is 12.2 Å². The average Bonchev–Trinajstić information content (AvgIpc) is 2.69. The van der Waals surface area contributed by atoms with Crippen molar-refractivity contribution < 1.29 is 9.47 Å². The number of ether oxygens (including phenoxy) is 2. The SMILES string of the molecule is N#COC1C2CCC(C2)C1OC#N. The first-order valence-electron chi connectivity index (χ1n) is 4.46. The first kappa shape index (κ1) is 8.19. The summed E-state index contributed by atoms with van der Waals surface area (Å²) in [5.74, 6) is 0.839. The minimum atomic E-state index is -0.177. The molecule has 2 aliphatic carbocycles. The van der Waals surface area contributed by atoms with Crippen LogP contribution in [0.1, 0.15) is 19.3 Å². The summed E-state index contributed by atoms with van der Waals surface area (Å²) in [7, 11) is 0. The Kier molecular flexibility index (Phi) is 1.98. The molecule has 0 aromatic rings. The maximum atomic E-state index is 8.43. The van der Waals surface area contributed by atoms with Gasteiger partial charge >= 0.3 is 0 Å². The van der Waals surface area contributed by atoms with Gasteiger partial charge in [0, 0.05) is 11.8 Å². The van der Waals surface area contributed by atoms with Crippen LogP contribution < -0.4 is 0 Å². The molecule has 2 rings (SSSR count). The third-order valence-electron chi connectivity index (χ3n) is 3.14. The van der Waals surface area contributed by atoms with E-state index in [0.29, 0.717) is 11.8 Å². The predicted octanol–water partition coefficient (Wildman–Crippen LogP) is 1.15. The van der Waals surface area contributed by atoms with Crippen molar-refractivity contribution in [2.75, 3.05) is 0 Å². The van der Waals surface area contributed by atoms with Gasteiger partial charge in [0.25, 0.3) is 12.5 Å². The van der Waals surface area contributed by atoms with Crippen LogP contribution in [0.25, 0.3) is 0 Å². The van der Waals surface area contributed by atoms with E-state index in [-0.39, 0.29) is 12.2 Å². The third kappa shape index (κ3) is 1.19. The van der Waals surface area contributed by atoms with Crippen molar-refractivity contribution in [3.8, 4) is 12.5 Å². The second kappa shape index (κ2) is 3.14. The van der Waals surface area contributed by atoms with Gasteiger partial charge in [-0.15, -0.1) is 0 Å². The van der Waals surface area contributed by atoms with Crippen molar-refractivity contribution in [2.45, 2.75) is 31.5 Å². The van der Waals surface area contributed by atoms with Crippen LogP contribution in [0.15, 0.2) is 0 Å². The second-order valence-corrected chi connectivity index (χ2v) is 3.68. The molecule has 2 fully saturated rings. The fourth-order valence-electron chi connectivity index (χ4n) is 2.63. The second-order valence-electron chi connectivity index (χ2n) is 3.68.